The molecule has 0 bridgehead atoms. The summed E-state index contributed by atoms with van der Waals surface area (Å²) < 4.78 is 0. The number of guanidine groups is 1. The van der Waals surface area contributed by atoms with Crippen molar-refractivity contribution in [2.75, 3.05) is 23.4 Å². The second kappa shape index (κ2) is 8.39. The molecular weight excluding hydrogens is 338 g/mol. The molecule has 0 unspecified atom stereocenters. The lowest BCUT2D eigenvalue weighted by Crippen LogP contribution is -2.21. The van der Waals surface area contributed by atoms with E-state index in [1.54, 1.807) is 18.0 Å². The van der Waals surface area contributed by atoms with Crippen LogP contribution in [-0.4, -0.2) is 38.9 Å². The van der Waals surface area contributed by atoms with E-state index < -0.39 is 4.92 Å². The zero-order valence-corrected chi connectivity index (χ0v) is 13.8. The fourth-order valence-corrected chi connectivity index (χ4v) is 3.30. The number of rotatable bonds is 9. The Kier molecular flexibility index (Phi) is 6.23. The Morgan fingerprint density at radius 3 is 3.09 bits per heavy atom. The summed E-state index contributed by atoms with van der Waals surface area (Å²) >= 11 is 3.14. The Morgan fingerprint density at radius 2 is 2.35 bits per heavy atom. The number of nitro groups is 1. The van der Waals surface area contributed by atoms with Gasteiger partial charge in [0.1, 0.15) is 0 Å². The minimum atomic E-state index is -0.414. The first-order chi connectivity index (χ1) is 11.1. The van der Waals surface area contributed by atoms with Crippen molar-refractivity contribution in [2.24, 2.45) is 16.5 Å². The van der Waals surface area contributed by atoms with Crippen molar-refractivity contribution in [3.63, 3.8) is 0 Å². The maximum absolute atomic E-state index is 10.8. The van der Waals surface area contributed by atoms with Crippen LogP contribution >= 0.6 is 23.1 Å². The van der Waals surface area contributed by atoms with E-state index in [9.17, 15) is 10.1 Å². The van der Waals surface area contributed by atoms with E-state index in [0.29, 0.717) is 17.5 Å². The van der Waals surface area contributed by atoms with Gasteiger partial charge in [0.2, 0.25) is 5.13 Å². The molecule has 6 N–H and O–H groups in total. The van der Waals surface area contributed by atoms with E-state index in [2.05, 4.69) is 20.3 Å². The molecule has 0 aromatic carbocycles. The van der Waals surface area contributed by atoms with E-state index >= 15 is 0 Å². The topological polar surface area (TPSA) is 148 Å². The summed E-state index contributed by atoms with van der Waals surface area (Å²) in [6.45, 7) is 0.641. The minimum Gasteiger partial charge on any atom is -0.370 e. The van der Waals surface area contributed by atoms with Crippen LogP contribution in [0.3, 0.4) is 0 Å². The van der Waals surface area contributed by atoms with Crippen molar-refractivity contribution >= 4 is 45.7 Å². The van der Waals surface area contributed by atoms with Crippen molar-refractivity contribution < 1.29 is 4.92 Å². The number of thiazole rings is 1. The molecule has 0 aliphatic carbocycles. The third kappa shape index (κ3) is 5.45. The summed E-state index contributed by atoms with van der Waals surface area (Å²) in [5.74, 6) is 2.18. The maximum Gasteiger partial charge on any atom is 0.310 e. The highest BCUT2D eigenvalue weighted by Gasteiger charge is 2.13. The first-order valence-corrected chi connectivity index (χ1v) is 8.77. The summed E-state index contributed by atoms with van der Waals surface area (Å²) in [6, 6.07) is 1.44. The van der Waals surface area contributed by atoms with Gasteiger partial charge in [0.15, 0.2) is 11.8 Å². The second-order valence-corrected chi connectivity index (χ2v) is 6.50. The number of anilines is 1. The van der Waals surface area contributed by atoms with Crippen LogP contribution in [0.15, 0.2) is 22.6 Å². The lowest BCUT2D eigenvalue weighted by Gasteiger charge is -2.03. The molecule has 0 spiro atoms. The molecule has 11 heteroatoms. The zero-order chi connectivity index (χ0) is 16.7. The molecule has 2 aromatic heterocycles. The molecule has 23 heavy (non-hydrogen) atoms. The standard InChI is InChI=1S/C12H17N7O2S2/c13-11(14)18-12-17-8(7-23-12)2-5-22-6-4-16-10-9(19(20)21)1-3-15-10/h1,3,7,15-16H,2,4-6H2,(H4,13,14,17,18). The van der Waals surface area contributed by atoms with Gasteiger partial charge in [-0.1, -0.05) is 0 Å². The highest BCUT2D eigenvalue weighted by atomic mass is 32.2. The van der Waals surface area contributed by atoms with Crippen LogP contribution in [0, 0.1) is 10.1 Å². The zero-order valence-electron chi connectivity index (χ0n) is 12.2. The van der Waals surface area contributed by atoms with Gasteiger partial charge in [0.25, 0.3) is 0 Å². The van der Waals surface area contributed by atoms with Crippen molar-refractivity contribution in [2.45, 2.75) is 6.42 Å². The average Bonchev–Trinajstić information content (AvgIpc) is 3.11. The number of aliphatic imine (C=N–C) groups is 1. The summed E-state index contributed by atoms with van der Waals surface area (Å²) in [6.07, 6.45) is 2.37. The molecule has 9 nitrogen and oxygen atoms in total. The van der Waals surface area contributed by atoms with Gasteiger partial charge in [0.05, 0.1) is 10.6 Å². The van der Waals surface area contributed by atoms with Gasteiger partial charge in [-0.2, -0.15) is 16.8 Å². The molecule has 0 aliphatic heterocycles. The van der Waals surface area contributed by atoms with Gasteiger partial charge in [-0.3, -0.25) is 10.1 Å². The first kappa shape index (κ1) is 17.1. The maximum atomic E-state index is 10.8. The molecular formula is C12H17N7O2S2. The Hall–Kier alpha value is -2.27. The van der Waals surface area contributed by atoms with Crippen LogP contribution in [0.2, 0.25) is 0 Å². The number of aryl methyl sites for hydroxylation is 1. The van der Waals surface area contributed by atoms with Crippen molar-refractivity contribution in [1.29, 1.82) is 0 Å². The Labute approximate surface area is 140 Å². The quantitative estimate of drug-likeness (QED) is 0.176. The van der Waals surface area contributed by atoms with Gasteiger partial charge < -0.3 is 21.8 Å². The normalized spacial score (nSPS) is 10.4. The number of hydrogen-bond donors (Lipinski definition) is 4. The molecule has 0 amide bonds. The Balaban J connectivity index is 1.64. The Bertz CT molecular complexity index is 679. The smallest absolute Gasteiger partial charge is 0.310 e. The first-order valence-electron chi connectivity index (χ1n) is 6.73. The fourth-order valence-electron chi connectivity index (χ4n) is 1.75. The number of thioether (sulfide) groups is 1. The summed E-state index contributed by atoms with van der Waals surface area (Å²) in [5.41, 5.74) is 11.6. The predicted molar refractivity (Wildman–Crippen MR) is 94.5 cm³/mol. The fraction of sp³-hybridized carbons (Fsp3) is 0.333. The molecule has 2 rings (SSSR count). The molecule has 0 fully saturated rings. The molecule has 0 saturated carbocycles. The average molecular weight is 355 g/mol. The number of hydrogen-bond acceptors (Lipinski definition) is 7. The largest absolute Gasteiger partial charge is 0.370 e. The number of H-pyrrole nitrogens is 1. The summed E-state index contributed by atoms with van der Waals surface area (Å²) in [7, 11) is 0. The number of aromatic amines is 1. The van der Waals surface area contributed by atoms with Gasteiger partial charge in [-0.05, 0) is 12.2 Å². The molecule has 0 aliphatic rings. The Morgan fingerprint density at radius 1 is 1.52 bits per heavy atom. The van der Waals surface area contributed by atoms with Gasteiger partial charge in [-0.15, -0.1) is 11.3 Å². The van der Waals surface area contributed by atoms with Crippen LogP contribution in [-0.2, 0) is 6.42 Å². The van der Waals surface area contributed by atoms with Gasteiger partial charge >= 0.3 is 5.69 Å². The van der Waals surface area contributed by atoms with E-state index in [1.807, 2.05) is 5.38 Å². The van der Waals surface area contributed by atoms with Crippen LogP contribution in [0.1, 0.15) is 5.69 Å². The number of nitrogens with zero attached hydrogens (tertiary/aromatic N) is 3. The SMILES string of the molecule is NC(N)=Nc1nc(CCSCCNc2[nH]ccc2[N+](=O)[O-])cs1. The summed E-state index contributed by atoms with van der Waals surface area (Å²) in [4.78, 5) is 21.4. The van der Waals surface area contributed by atoms with E-state index in [4.69, 9.17) is 11.5 Å². The lowest BCUT2D eigenvalue weighted by molar-refractivity contribution is -0.383. The van der Waals surface area contributed by atoms with Crippen molar-refractivity contribution in [3.05, 3.63) is 33.5 Å². The predicted octanol–water partition coefficient (Wildman–Crippen LogP) is 1.67. The molecule has 0 radical (unpaired) electrons. The van der Waals surface area contributed by atoms with Crippen LogP contribution in [0.4, 0.5) is 16.6 Å². The third-order valence-corrected chi connectivity index (χ3v) is 4.51. The molecule has 2 aromatic rings. The van der Waals surface area contributed by atoms with E-state index in [1.165, 1.54) is 17.4 Å². The number of aromatic nitrogens is 2. The summed E-state index contributed by atoms with van der Waals surface area (Å²) in [5, 5.41) is 16.3. The number of nitrogens with two attached hydrogens (primary N) is 2. The monoisotopic (exact) mass is 355 g/mol. The second-order valence-electron chi connectivity index (χ2n) is 4.44. The van der Waals surface area contributed by atoms with Crippen LogP contribution in [0.5, 0.6) is 0 Å². The van der Waals surface area contributed by atoms with Gasteiger partial charge in [-0.25, -0.2) is 4.98 Å². The minimum absolute atomic E-state index is 0.00441. The van der Waals surface area contributed by atoms with E-state index in [0.717, 1.165) is 23.6 Å². The number of nitrogens with one attached hydrogen (secondary N) is 2. The molecule has 2 heterocycles. The molecule has 124 valence electrons. The van der Waals surface area contributed by atoms with Crippen molar-refractivity contribution in [3.8, 4) is 0 Å². The molecule has 0 atom stereocenters. The third-order valence-electron chi connectivity index (χ3n) is 2.74. The van der Waals surface area contributed by atoms with Gasteiger partial charge in [0, 0.05) is 29.9 Å². The lowest BCUT2D eigenvalue weighted by atomic mass is 10.4. The van der Waals surface area contributed by atoms with Crippen LogP contribution in [0.25, 0.3) is 0 Å². The highest BCUT2D eigenvalue weighted by Crippen LogP contribution is 2.22. The van der Waals surface area contributed by atoms with Crippen molar-refractivity contribution in [1.82, 2.24) is 9.97 Å². The highest BCUT2D eigenvalue weighted by molar-refractivity contribution is 7.99. The molecule has 0 saturated heterocycles. The van der Waals surface area contributed by atoms with E-state index in [-0.39, 0.29) is 11.6 Å². The van der Waals surface area contributed by atoms with Crippen LogP contribution < -0.4 is 16.8 Å².